The lowest BCUT2D eigenvalue weighted by atomic mass is 10.1. The van der Waals surface area contributed by atoms with Gasteiger partial charge >= 0.3 is 0 Å². The average molecular weight is 111 g/mol. The fourth-order valence-electron chi connectivity index (χ4n) is 1.73. The minimum atomic E-state index is 0.666. The van der Waals surface area contributed by atoms with Crippen molar-refractivity contribution in [2.24, 2.45) is 5.92 Å². The fraction of sp³-hybridized carbons (Fsp3) is 1.00. The highest BCUT2D eigenvalue weighted by Crippen LogP contribution is 2.44. The molecular formula is C7H13N. The van der Waals surface area contributed by atoms with Gasteiger partial charge in [-0.25, -0.2) is 0 Å². The van der Waals surface area contributed by atoms with E-state index in [1.54, 1.807) is 0 Å². The van der Waals surface area contributed by atoms with Gasteiger partial charge in [0.2, 0.25) is 0 Å². The van der Waals surface area contributed by atoms with Crippen molar-refractivity contribution < 1.29 is 0 Å². The van der Waals surface area contributed by atoms with Gasteiger partial charge in [0.1, 0.15) is 0 Å². The van der Waals surface area contributed by atoms with Gasteiger partial charge in [-0.15, -0.1) is 0 Å². The first-order valence-electron chi connectivity index (χ1n) is 3.56. The van der Waals surface area contributed by atoms with Crippen molar-refractivity contribution in [2.45, 2.75) is 31.7 Å². The Balaban J connectivity index is 2.03. The van der Waals surface area contributed by atoms with Gasteiger partial charge < -0.3 is 5.32 Å². The van der Waals surface area contributed by atoms with Crippen LogP contribution in [0.5, 0.6) is 0 Å². The Morgan fingerprint density at radius 1 is 1.50 bits per heavy atom. The molecule has 0 radical (unpaired) electrons. The molecule has 0 bridgehead atoms. The van der Waals surface area contributed by atoms with E-state index in [-0.39, 0.29) is 0 Å². The summed E-state index contributed by atoms with van der Waals surface area (Å²) in [6.07, 6.45) is 4.32. The second-order valence-electron chi connectivity index (χ2n) is 3.47. The van der Waals surface area contributed by atoms with Gasteiger partial charge in [0.15, 0.2) is 0 Å². The highest BCUT2D eigenvalue weighted by Gasteiger charge is 2.46. The fourth-order valence-corrected chi connectivity index (χ4v) is 1.73. The van der Waals surface area contributed by atoms with Gasteiger partial charge in [-0.2, -0.15) is 0 Å². The zero-order valence-electron chi connectivity index (χ0n) is 5.41. The molecule has 0 aromatic heterocycles. The zero-order chi connectivity index (χ0) is 5.61. The third-order valence-corrected chi connectivity index (χ3v) is 2.42. The normalized spacial score (nSPS) is 40.9. The first kappa shape index (κ1) is 4.80. The number of rotatable bonds is 0. The van der Waals surface area contributed by atoms with Crippen LogP contribution in [0.15, 0.2) is 0 Å². The topological polar surface area (TPSA) is 12.0 Å². The molecule has 1 saturated carbocycles. The predicted molar refractivity (Wildman–Crippen MR) is 33.7 cm³/mol. The molecule has 8 heavy (non-hydrogen) atoms. The largest absolute Gasteiger partial charge is 0.311 e. The minimum Gasteiger partial charge on any atom is -0.311 e. The lowest BCUT2D eigenvalue weighted by Crippen LogP contribution is -2.22. The summed E-state index contributed by atoms with van der Waals surface area (Å²) < 4.78 is 0. The quantitative estimate of drug-likeness (QED) is 0.494. The summed E-state index contributed by atoms with van der Waals surface area (Å²) in [5, 5.41) is 3.56. The van der Waals surface area contributed by atoms with E-state index in [0.29, 0.717) is 5.54 Å². The maximum absolute atomic E-state index is 3.56. The summed E-state index contributed by atoms with van der Waals surface area (Å²) in [5.41, 5.74) is 0.666. The average Bonchev–Trinajstić information content (AvgIpc) is 2.34. The Bertz CT molecular complexity index is 105. The molecule has 1 aliphatic carbocycles. The molecule has 1 heterocycles. The molecule has 2 rings (SSSR count). The summed E-state index contributed by atoms with van der Waals surface area (Å²) in [6, 6.07) is 0. The Morgan fingerprint density at radius 2 is 2.25 bits per heavy atom. The van der Waals surface area contributed by atoms with Crippen LogP contribution in [0.4, 0.5) is 0 Å². The Kier molecular flexibility index (Phi) is 0.762. The second kappa shape index (κ2) is 1.27. The third-order valence-electron chi connectivity index (χ3n) is 2.42. The first-order chi connectivity index (χ1) is 3.81. The van der Waals surface area contributed by atoms with E-state index in [0.717, 1.165) is 5.92 Å². The molecule has 1 heteroatoms. The maximum atomic E-state index is 3.56. The van der Waals surface area contributed by atoms with E-state index in [1.807, 2.05) is 0 Å². The van der Waals surface area contributed by atoms with Gasteiger partial charge in [0.05, 0.1) is 0 Å². The standard InChI is InChI=1S/C7H13N/c1-6-4-7(2-3-7)8-5-6/h6,8H,2-5H2,1H3/t6-/m1/s1. The molecule has 1 atom stereocenters. The van der Waals surface area contributed by atoms with Crippen LogP contribution in [0.25, 0.3) is 0 Å². The summed E-state index contributed by atoms with van der Waals surface area (Å²) in [7, 11) is 0. The summed E-state index contributed by atoms with van der Waals surface area (Å²) >= 11 is 0. The minimum absolute atomic E-state index is 0.666. The smallest absolute Gasteiger partial charge is 0.0186 e. The predicted octanol–water partition coefficient (Wildman–Crippen LogP) is 1.15. The molecule has 0 amide bonds. The van der Waals surface area contributed by atoms with Crippen LogP contribution >= 0.6 is 0 Å². The van der Waals surface area contributed by atoms with Crippen molar-refractivity contribution in [3.05, 3.63) is 0 Å². The van der Waals surface area contributed by atoms with E-state index < -0.39 is 0 Å². The number of hydrogen-bond donors (Lipinski definition) is 1. The zero-order valence-corrected chi connectivity index (χ0v) is 5.41. The van der Waals surface area contributed by atoms with Crippen molar-refractivity contribution in [3.63, 3.8) is 0 Å². The Morgan fingerprint density at radius 3 is 2.50 bits per heavy atom. The SMILES string of the molecule is C[C@H]1CNC2(CC2)C1. The summed E-state index contributed by atoms with van der Waals surface area (Å²) in [5.74, 6) is 0.942. The van der Waals surface area contributed by atoms with Gasteiger partial charge in [0, 0.05) is 5.54 Å². The van der Waals surface area contributed by atoms with Crippen molar-refractivity contribution in [1.82, 2.24) is 5.32 Å². The van der Waals surface area contributed by atoms with Crippen LogP contribution in [-0.2, 0) is 0 Å². The first-order valence-corrected chi connectivity index (χ1v) is 3.56. The van der Waals surface area contributed by atoms with E-state index in [1.165, 1.54) is 25.8 Å². The number of hydrogen-bond acceptors (Lipinski definition) is 1. The van der Waals surface area contributed by atoms with Crippen LogP contribution in [0.1, 0.15) is 26.2 Å². The highest BCUT2D eigenvalue weighted by atomic mass is 15.1. The Hall–Kier alpha value is -0.0400. The lowest BCUT2D eigenvalue weighted by Gasteiger charge is -2.01. The van der Waals surface area contributed by atoms with Gasteiger partial charge in [-0.3, -0.25) is 0 Å². The summed E-state index contributed by atoms with van der Waals surface area (Å²) in [6.45, 7) is 3.60. The van der Waals surface area contributed by atoms with E-state index in [2.05, 4.69) is 12.2 Å². The Labute approximate surface area is 50.5 Å². The molecule has 1 saturated heterocycles. The number of nitrogens with one attached hydrogen (secondary N) is 1. The van der Waals surface area contributed by atoms with Gasteiger partial charge in [0.25, 0.3) is 0 Å². The molecule has 1 spiro atoms. The second-order valence-corrected chi connectivity index (χ2v) is 3.47. The molecule has 0 aromatic rings. The molecule has 2 aliphatic rings. The monoisotopic (exact) mass is 111 g/mol. The molecule has 0 unspecified atom stereocenters. The van der Waals surface area contributed by atoms with Crippen LogP contribution in [0.3, 0.4) is 0 Å². The van der Waals surface area contributed by atoms with Gasteiger partial charge in [-0.05, 0) is 31.7 Å². The van der Waals surface area contributed by atoms with Crippen molar-refractivity contribution in [3.8, 4) is 0 Å². The van der Waals surface area contributed by atoms with Crippen LogP contribution in [0, 0.1) is 5.92 Å². The van der Waals surface area contributed by atoms with Crippen LogP contribution < -0.4 is 5.32 Å². The van der Waals surface area contributed by atoms with E-state index in [9.17, 15) is 0 Å². The third kappa shape index (κ3) is 0.576. The molecule has 2 fully saturated rings. The van der Waals surface area contributed by atoms with E-state index in [4.69, 9.17) is 0 Å². The van der Waals surface area contributed by atoms with Gasteiger partial charge in [-0.1, -0.05) is 6.92 Å². The van der Waals surface area contributed by atoms with Crippen LogP contribution in [-0.4, -0.2) is 12.1 Å². The molecule has 1 nitrogen and oxygen atoms in total. The molecule has 1 N–H and O–H groups in total. The van der Waals surface area contributed by atoms with Crippen molar-refractivity contribution >= 4 is 0 Å². The summed E-state index contributed by atoms with van der Waals surface area (Å²) in [4.78, 5) is 0. The molecular weight excluding hydrogens is 98.1 g/mol. The van der Waals surface area contributed by atoms with Crippen LogP contribution in [0.2, 0.25) is 0 Å². The highest BCUT2D eigenvalue weighted by molar-refractivity contribution is 5.06. The lowest BCUT2D eigenvalue weighted by molar-refractivity contribution is 0.576. The maximum Gasteiger partial charge on any atom is 0.0186 e. The molecule has 46 valence electrons. The van der Waals surface area contributed by atoms with E-state index >= 15 is 0 Å². The van der Waals surface area contributed by atoms with Crippen molar-refractivity contribution in [2.75, 3.05) is 6.54 Å². The van der Waals surface area contributed by atoms with Crippen molar-refractivity contribution in [1.29, 1.82) is 0 Å². The molecule has 0 aromatic carbocycles. The molecule has 1 aliphatic heterocycles.